The van der Waals surface area contributed by atoms with Crippen LogP contribution in [-0.4, -0.2) is 16.1 Å². The largest absolute Gasteiger partial charge is 0.301 e. The van der Waals surface area contributed by atoms with Crippen molar-refractivity contribution in [3.8, 4) is 0 Å². The zero-order chi connectivity index (χ0) is 8.60. The molecular formula is C8H9BrN2O. The number of aldehydes is 1. The maximum atomic E-state index is 10.8. The van der Waals surface area contributed by atoms with Gasteiger partial charge in [-0.1, -0.05) is 0 Å². The summed E-state index contributed by atoms with van der Waals surface area (Å²) in [7, 11) is 0. The SMILES string of the molecule is O=CC1(n2cc(Br)cn2)CCC1. The highest BCUT2D eigenvalue weighted by molar-refractivity contribution is 9.10. The fourth-order valence-corrected chi connectivity index (χ4v) is 1.77. The van der Waals surface area contributed by atoms with Crippen LogP contribution in [0.4, 0.5) is 0 Å². The number of hydrogen-bond donors (Lipinski definition) is 0. The van der Waals surface area contributed by atoms with Crippen molar-refractivity contribution in [2.45, 2.75) is 24.8 Å². The van der Waals surface area contributed by atoms with Gasteiger partial charge in [0.1, 0.15) is 11.8 Å². The van der Waals surface area contributed by atoms with Crippen LogP contribution >= 0.6 is 15.9 Å². The summed E-state index contributed by atoms with van der Waals surface area (Å²) in [5.41, 5.74) is -0.327. The van der Waals surface area contributed by atoms with Gasteiger partial charge in [0.25, 0.3) is 0 Å². The summed E-state index contributed by atoms with van der Waals surface area (Å²) >= 11 is 3.31. The summed E-state index contributed by atoms with van der Waals surface area (Å²) in [5.74, 6) is 0. The summed E-state index contributed by atoms with van der Waals surface area (Å²) in [6, 6.07) is 0. The Bertz CT molecular complexity index is 304. The maximum Gasteiger partial charge on any atom is 0.147 e. The van der Waals surface area contributed by atoms with E-state index in [1.165, 1.54) is 0 Å². The molecule has 0 spiro atoms. The molecule has 1 aromatic rings. The molecule has 1 fully saturated rings. The Balaban J connectivity index is 2.33. The average Bonchev–Trinajstić information content (AvgIpc) is 2.35. The zero-order valence-corrected chi connectivity index (χ0v) is 8.12. The molecule has 4 heteroatoms. The highest BCUT2D eigenvalue weighted by Gasteiger charge is 2.39. The second-order valence-corrected chi connectivity index (χ2v) is 4.09. The van der Waals surface area contributed by atoms with E-state index >= 15 is 0 Å². The third-order valence-electron chi connectivity index (χ3n) is 2.45. The second-order valence-electron chi connectivity index (χ2n) is 3.18. The summed E-state index contributed by atoms with van der Waals surface area (Å²) < 4.78 is 2.68. The molecule has 1 aliphatic rings. The van der Waals surface area contributed by atoms with Gasteiger partial charge in [-0.15, -0.1) is 0 Å². The molecule has 0 radical (unpaired) electrons. The van der Waals surface area contributed by atoms with Gasteiger partial charge in [-0.3, -0.25) is 4.68 Å². The number of hydrogen-bond acceptors (Lipinski definition) is 2. The lowest BCUT2D eigenvalue weighted by molar-refractivity contribution is -0.119. The summed E-state index contributed by atoms with van der Waals surface area (Å²) in [6.45, 7) is 0. The number of halogens is 1. The lowest BCUT2D eigenvalue weighted by atomic mass is 9.78. The first-order valence-electron chi connectivity index (χ1n) is 3.94. The molecule has 0 aliphatic heterocycles. The van der Waals surface area contributed by atoms with E-state index in [4.69, 9.17) is 0 Å². The van der Waals surface area contributed by atoms with Gasteiger partial charge in [-0.2, -0.15) is 5.10 Å². The van der Waals surface area contributed by atoms with Gasteiger partial charge >= 0.3 is 0 Å². The molecule has 2 rings (SSSR count). The van der Waals surface area contributed by atoms with Crippen molar-refractivity contribution in [3.63, 3.8) is 0 Å². The van der Waals surface area contributed by atoms with Crippen LogP contribution in [0.25, 0.3) is 0 Å². The Morgan fingerprint density at radius 2 is 2.42 bits per heavy atom. The monoisotopic (exact) mass is 228 g/mol. The van der Waals surface area contributed by atoms with E-state index in [0.717, 1.165) is 30.0 Å². The number of rotatable bonds is 2. The van der Waals surface area contributed by atoms with Crippen molar-refractivity contribution < 1.29 is 4.79 Å². The van der Waals surface area contributed by atoms with Gasteiger partial charge in [0, 0.05) is 6.20 Å². The zero-order valence-electron chi connectivity index (χ0n) is 6.53. The van der Waals surface area contributed by atoms with E-state index in [-0.39, 0.29) is 5.54 Å². The highest BCUT2D eigenvalue weighted by Crippen LogP contribution is 2.37. The van der Waals surface area contributed by atoms with Crippen molar-refractivity contribution in [1.82, 2.24) is 9.78 Å². The summed E-state index contributed by atoms with van der Waals surface area (Å²) in [4.78, 5) is 10.8. The van der Waals surface area contributed by atoms with Crippen molar-refractivity contribution in [1.29, 1.82) is 0 Å². The van der Waals surface area contributed by atoms with E-state index < -0.39 is 0 Å². The topological polar surface area (TPSA) is 34.9 Å². The number of carbonyl (C=O) groups excluding carboxylic acids is 1. The third-order valence-corrected chi connectivity index (χ3v) is 2.86. The molecule has 0 saturated heterocycles. The molecular weight excluding hydrogens is 220 g/mol. The second kappa shape index (κ2) is 2.69. The van der Waals surface area contributed by atoms with Gasteiger partial charge in [0.2, 0.25) is 0 Å². The Kier molecular flexibility index (Phi) is 1.79. The fourth-order valence-electron chi connectivity index (χ4n) is 1.48. The third kappa shape index (κ3) is 1.02. The first-order valence-corrected chi connectivity index (χ1v) is 4.73. The number of carbonyl (C=O) groups is 1. The fraction of sp³-hybridized carbons (Fsp3) is 0.500. The predicted octanol–water partition coefficient (Wildman–Crippen LogP) is 1.72. The van der Waals surface area contributed by atoms with Crippen LogP contribution in [0.2, 0.25) is 0 Å². The van der Waals surface area contributed by atoms with Gasteiger partial charge in [0.15, 0.2) is 0 Å². The van der Waals surface area contributed by atoms with Gasteiger partial charge < -0.3 is 4.79 Å². The minimum Gasteiger partial charge on any atom is -0.301 e. The quantitative estimate of drug-likeness (QED) is 0.723. The summed E-state index contributed by atoms with van der Waals surface area (Å²) in [5, 5.41) is 4.12. The molecule has 0 amide bonds. The van der Waals surface area contributed by atoms with Crippen LogP contribution in [0.15, 0.2) is 16.9 Å². The minimum absolute atomic E-state index is 0.327. The van der Waals surface area contributed by atoms with Crippen molar-refractivity contribution in [2.75, 3.05) is 0 Å². The van der Waals surface area contributed by atoms with Gasteiger partial charge in [-0.05, 0) is 35.2 Å². The lowest BCUT2D eigenvalue weighted by Gasteiger charge is -2.36. The molecule has 64 valence electrons. The Morgan fingerprint density at radius 1 is 1.67 bits per heavy atom. The molecule has 1 saturated carbocycles. The molecule has 0 unspecified atom stereocenters. The maximum absolute atomic E-state index is 10.8. The Hall–Kier alpha value is -0.640. The normalized spacial score (nSPS) is 20.1. The molecule has 0 aromatic carbocycles. The molecule has 1 aliphatic carbocycles. The van der Waals surface area contributed by atoms with Gasteiger partial charge in [0.05, 0.1) is 10.7 Å². The van der Waals surface area contributed by atoms with Crippen LogP contribution < -0.4 is 0 Å². The van der Waals surface area contributed by atoms with Crippen LogP contribution in [0.5, 0.6) is 0 Å². The molecule has 0 N–H and O–H groups in total. The van der Waals surface area contributed by atoms with Crippen molar-refractivity contribution in [2.24, 2.45) is 0 Å². The molecule has 3 nitrogen and oxygen atoms in total. The standard InChI is InChI=1S/C8H9BrN2O/c9-7-4-10-11(5-7)8(6-12)2-1-3-8/h4-6H,1-3H2. The van der Waals surface area contributed by atoms with E-state index in [2.05, 4.69) is 21.0 Å². The van der Waals surface area contributed by atoms with Crippen molar-refractivity contribution >= 4 is 22.2 Å². The van der Waals surface area contributed by atoms with Crippen molar-refractivity contribution in [3.05, 3.63) is 16.9 Å². The lowest BCUT2D eigenvalue weighted by Crippen LogP contribution is -2.42. The molecule has 0 atom stereocenters. The highest BCUT2D eigenvalue weighted by atomic mass is 79.9. The van der Waals surface area contributed by atoms with E-state index in [0.29, 0.717) is 0 Å². The smallest absolute Gasteiger partial charge is 0.147 e. The van der Waals surface area contributed by atoms with Crippen LogP contribution in [0, 0.1) is 0 Å². The summed E-state index contributed by atoms with van der Waals surface area (Å²) in [6.07, 6.45) is 7.54. The van der Waals surface area contributed by atoms with Crippen LogP contribution in [-0.2, 0) is 10.3 Å². The minimum atomic E-state index is -0.327. The Morgan fingerprint density at radius 3 is 2.75 bits per heavy atom. The first kappa shape index (κ1) is 7.98. The van der Waals surface area contributed by atoms with E-state index in [1.807, 2.05) is 6.20 Å². The van der Waals surface area contributed by atoms with E-state index in [1.54, 1.807) is 10.9 Å². The molecule has 1 heterocycles. The van der Waals surface area contributed by atoms with E-state index in [9.17, 15) is 4.79 Å². The Labute approximate surface area is 78.9 Å². The molecule has 1 aromatic heterocycles. The first-order chi connectivity index (χ1) is 5.77. The molecule has 0 bridgehead atoms. The average molecular weight is 229 g/mol. The van der Waals surface area contributed by atoms with Crippen LogP contribution in [0.3, 0.4) is 0 Å². The van der Waals surface area contributed by atoms with Gasteiger partial charge in [-0.25, -0.2) is 0 Å². The van der Waals surface area contributed by atoms with Crippen LogP contribution in [0.1, 0.15) is 19.3 Å². The number of nitrogens with zero attached hydrogens (tertiary/aromatic N) is 2. The predicted molar refractivity (Wildman–Crippen MR) is 47.8 cm³/mol. The molecule has 12 heavy (non-hydrogen) atoms. The number of aromatic nitrogens is 2.